The van der Waals surface area contributed by atoms with E-state index in [-0.39, 0.29) is 16.1 Å². The molecule has 1 heterocycles. The average molecular weight is 435 g/mol. The molecule has 0 fully saturated rings. The lowest BCUT2D eigenvalue weighted by atomic mass is 10.1. The topological polar surface area (TPSA) is 92.8 Å². The Hall–Kier alpha value is -2.90. The van der Waals surface area contributed by atoms with Gasteiger partial charge in [0.15, 0.2) is 6.10 Å². The van der Waals surface area contributed by atoms with Crippen LogP contribution in [0.2, 0.25) is 10.0 Å². The first-order valence-electron chi connectivity index (χ1n) is 8.64. The lowest BCUT2D eigenvalue weighted by Gasteiger charge is -2.22. The molecule has 2 aromatic rings. The minimum Gasteiger partial charge on any atom is -0.451 e. The molecule has 0 aliphatic carbocycles. The highest BCUT2D eigenvalue weighted by atomic mass is 35.5. The lowest BCUT2D eigenvalue weighted by molar-refractivity contribution is -0.156. The Kier molecular flexibility index (Phi) is 5.91. The molecular formula is C20H16Cl2N2O5. The zero-order valence-electron chi connectivity index (χ0n) is 15.4. The summed E-state index contributed by atoms with van der Waals surface area (Å²) < 4.78 is 5.15. The maximum Gasteiger partial charge on any atom is 0.329 e. The van der Waals surface area contributed by atoms with Gasteiger partial charge in [0.25, 0.3) is 17.7 Å². The summed E-state index contributed by atoms with van der Waals surface area (Å²) in [5.74, 6) is -2.68. The smallest absolute Gasteiger partial charge is 0.329 e. The Morgan fingerprint density at radius 1 is 1.00 bits per heavy atom. The van der Waals surface area contributed by atoms with E-state index in [0.717, 1.165) is 4.90 Å². The first-order valence-corrected chi connectivity index (χ1v) is 9.39. The van der Waals surface area contributed by atoms with E-state index in [0.29, 0.717) is 10.7 Å². The second-order valence-electron chi connectivity index (χ2n) is 6.39. The maximum absolute atomic E-state index is 12.5. The molecule has 0 radical (unpaired) electrons. The number of carbonyl (C=O) groups is 4. The fraction of sp³-hybridized carbons (Fsp3) is 0.200. The Morgan fingerprint density at radius 2 is 1.59 bits per heavy atom. The Morgan fingerprint density at radius 3 is 2.14 bits per heavy atom. The zero-order valence-corrected chi connectivity index (χ0v) is 17.0. The number of halogens is 2. The van der Waals surface area contributed by atoms with Gasteiger partial charge in [0, 0.05) is 5.02 Å². The molecule has 0 unspecified atom stereocenters. The highest BCUT2D eigenvalue weighted by Gasteiger charge is 2.41. The van der Waals surface area contributed by atoms with Crippen molar-refractivity contribution in [3.63, 3.8) is 0 Å². The summed E-state index contributed by atoms with van der Waals surface area (Å²) in [6.45, 7) is 2.73. The molecule has 2 aromatic carbocycles. The number of nitrogens with one attached hydrogen (secondary N) is 1. The van der Waals surface area contributed by atoms with Crippen LogP contribution in [0.4, 0.5) is 5.69 Å². The van der Waals surface area contributed by atoms with E-state index in [4.69, 9.17) is 27.9 Å². The number of rotatable bonds is 5. The monoisotopic (exact) mass is 434 g/mol. The van der Waals surface area contributed by atoms with Gasteiger partial charge in [0.05, 0.1) is 21.8 Å². The molecule has 1 aliphatic heterocycles. The van der Waals surface area contributed by atoms with Crippen LogP contribution in [0.25, 0.3) is 0 Å². The number of anilines is 1. The van der Waals surface area contributed by atoms with Crippen molar-refractivity contribution in [3.05, 3.63) is 63.6 Å². The third-order valence-electron chi connectivity index (χ3n) is 4.41. The number of esters is 1. The van der Waals surface area contributed by atoms with E-state index in [9.17, 15) is 19.2 Å². The van der Waals surface area contributed by atoms with Crippen molar-refractivity contribution < 1.29 is 23.9 Å². The Balaban J connectivity index is 1.66. The third kappa shape index (κ3) is 4.11. The van der Waals surface area contributed by atoms with Crippen molar-refractivity contribution in [2.75, 3.05) is 5.32 Å². The van der Waals surface area contributed by atoms with Crippen molar-refractivity contribution >= 4 is 52.6 Å². The van der Waals surface area contributed by atoms with E-state index >= 15 is 0 Å². The molecule has 150 valence electrons. The number of hydrogen-bond acceptors (Lipinski definition) is 5. The van der Waals surface area contributed by atoms with Gasteiger partial charge in [0.1, 0.15) is 6.04 Å². The molecule has 1 N–H and O–H groups in total. The molecular weight excluding hydrogens is 419 g/mol. The minimum atomic E-state index is -1.20. The lowest BCUT2D eigenvalue weighted by Crippen LogP contribution is -2.45. The summed E-state index contributed by atoms with van der Waals surface area (Å²) in [6, 6.07) is 9.61. The number of hydrogen-bond donors (Lipinski definition) is 1. The van der Waals surface area contributed by atoms with Gasteiger partial charge < -0.3 is 10.1 Å². The number of carbonyl (C=O) groups excluding carboxylic acids is 4. The first-order chi connectivity index (χ1) is 13.7. The molecule has 0 bridgehead atoms. The molecule has 7 nitrogen and oxygen atoms in total. The Bertz CT molecular complexity index is 989. The normalized spacial score (nSPS) is 15.0. The molecule has 0 saturated carbocycles. The molecule has 2 atom stereocenters. The fourth-order valence-electron chi connectivity index (χ4n) is 2.82. The van der Waals surface area contributed by atoms with Gasteiger partial charge >= 0.3 is 5.97 Å². The van der Waals surface area contributed by atoms with E-state index in [1.807, 2.05) is 0 Å². The van der Waals surface area contributed by atoms with Crippen molar-refractivity contribution in [2.24, 2.45) is 0 Å². The van der Waals surface area contributed by atoms with Crippen molar-refractivity contribution in [2.45, 2.75) is 26.0 Å². The molecule has 0 spiro atoms. The molecule has 0 saturated heterocycles. The molecule has 3 amide bonds. The van der Waals surface area contributed by atoms with Crippen molar-refractivity contribution in [1.82, 2.24) is 4.90 Å². The number of fused-ring (bicyclic) bond motifs is 1. The van der Waals surface area contributed by atoms with Gasteiger partial charge in [-0.3, -0.25) is 19.3 Å². The minimum absolute atomic E-state index is 0.223. The van der Waals surface area contributed by atoms with Crippen LogP contribution in [0.3, 0.4) is 0 Å². The predicted molar refractivity (Wildman–Crippen MR) is 107 cm³/mol. The van der Waals surface area contributed by atoms with Crippen LogP contribution < -0.4 is 5.32 Å². The maximum atomic E-state index is 12.5. The molecule has 3 rings (SSSR count). The molecule has 0 aromatic heterocycles. The Labute approximate surface area is 176 Å². The van der Waals surface area contributed by atoms with Crippen LogP contribution in [0.5, 0.6) is 0 Å². The summed E-state index contributed by atoms with van der Waals surface area (Å²) in [7, 11) is 0. The van der Waals surface area contributed by atoms with Gasteiger partial charge in [-0.2, -0.15) is 0 Å². The number of amides is 3. The van der Waals surface area contributed by atoms with Crippen LogP contribution in [0.15, 0.2) is 42.5 Å². The van der Waals surface area contributed by atoms with Crippen molar-refractivity contribution in [1.29, 1.82) is 0 Å². The van der Waals surface area contributed by atoms with E-state index < -0.39 is 35.8 Å². The van der Waals surface area contributed by atoms with Crippen LogP contribution in [-0.2, 0) is 14.3 Å². The van der Waals surface area contributed by atoms with E-state index in [1.54, 1.807) is 18.2 Å². The SMILES string of the molecule is C[C@H](OC(=O)[C@@H](C)N1C(=O)c2ccccc2C1=O)C(=O)Nc1ccc(Cl)cc1Cl. The van der Waals surface area contributed by atoms with E-state index in [1.165, 1.54) is 38.1 Å². The third-order valence-corrected chi connectivity index (χ3v) is 4.95. The summed E-state index contributed by atoms with van der Waals surface area (Å²) >= 11 is 11.8. The summed E-state index contributed by atoms with van der Waals surface area (Å²) in [6.07, 6.45) is -1.19. The number of nitrogens with zero attached hydrogens (tertiary/aromatic N) is 1. The van der Waals surface area contributed by atoms with Crippen molar-refractivity contribution in [3.8, 4) is 0 Å². The zero-order chi connectivity index (χ0) is 21.3. The molecule has 1 aliphatic rings. The van der Waals surface area contributed by atoms with Crippen LogP contribution in [0.1, 0.15) is 34.6 Å². The van der Waals surface area contributed by atoms with Gasteiger partial charge in [-0.15, -0.1) is 0 Å². The summed E-state index contributed by atoms with van der Waals surface area (Å²) in [5.41, 5.74) is 0.748. The number of ether oxygens (including phenoxy) is 1. The molecule has 29 heavy (non-hydrogen) atoms. The van der Waals surface area contributed by atoms with Crippen LogP contribution in [0, 0.1) is 0 Å². The number of imide groups is 1. The highest BCUT2D eigenvalue weighted by Crippen LogP contribution is 2.26. The predicted octanol–water partition coefficient (Wildman–Crippen LogP) is 3.55. The average Bonchev–Trinajstić information content (AvgIpc) is 2.94. The quantitative estimate of drug-likeness (QED) is 0.573. The second-order valence-corrected chi connectivity index (χ2v) is 7.24. The standard InChI is InChI=1S/C20H16Cl2N2O5/c1-10(24-18(26)13-5-3-4-6-14(13)19(24)27)20(28)29-11(2)17(25)23-16-8-7-12(21)9-15(16)22/h3-11H,1-2H3,(H,23,25)/t10-,11+/m1/s1. The fourth-order valence-corrected chi connectivity index (χ4v) is 3.27. The second kappa shape index (κ2) is 8.23. The van der Waals surface area contributed by atoms with Gasteiger partial charge in [0.2, 0.25) is 0 Å². The largest absolute Gasteiger partial charge is 0.451 e. The summed E-state index contributed by atoms with van der Waals surface area (Å²) in [4.78, 5) is 50.5. The van der Waals surface area contributed by atoms with Crippen LogP contribution in [-0.4, -0.2) is 40.7 Å². The highest BCUT2D eigenvalue weighted by molar-refractivity contribution is 6.36. The van der Waals surface area contributed by atoms with Crippen LogP contribution >= 0.6 is 23.2 Å². The first kappa shape index (κ1) is 20.8. The molecule has 9 heteroatoms. The van der Waals surface area contributed by atoms with Gasteiger partial charge in [-0.1, -0.05) is 35.3 Å². The van der Waals surface area contributed by atoms with Gasteiger partial charge in [-0.25, -0.2) is 4.79 Å². The van der Waals surface area contributed by atoms with E-state index in [2.05, 4.69) is 5.32 Å². The number of benzene rings is 2. The summed E-state index contributed by atoms with van der Waals surface area (Å²) in [5, 5.41) is 3.16. The van der Waals surface area contributed by atoms with Gasteiger partial charge in [-0.05, 0) is 44.2 Å².